The zero-order valence-electron chi connectivity index (χ0n) is 13.0. The van der Waals surface area contributed by atoms with Gasteiger partial charge in [-0.3, -0.25) is 4.79 Å². The van der Waals surface area contributed by atoms with Gasteiger partial charge in [-0.2, -0.15) is 10.1 Å². The molecule has 0 saturated carbocycles. The Bertz CT molecular complexity index is 837. The summed E-state index contributed by atoms with van der Waals surface area (Å²) in [5, 5.41) is 7.42. The van der Waals surface area contributed by atoms with Crippen molar-refractivity contribution >= 4 is 11.7 Å². The first-order chi connectivity index (χ1) is 11.0. The molecule has 1 aliphatic heterocycles. The SMILES string of the molecule is CC1(C)CC(=O)C2=C(C1)Nc1ncnn1[C@H]2c1ccccc1F. The molecule has 6 heteroatoms. The average Bonchev–Trinajstić information content (AvgIpc) is 2.92. The van der Waals surface area contributed by atoms with Crippen molar-refractivity contribution in [2.45, 2.75) is 32.7 Å². The van der Waals surface area contributed by atoms with Crippen molar-refractivity contribution in [3.05, 3.63) is 53.2 Å². The molecule has 1 aromatic heterocycles. The third-order valence-corrected chi connectivity index (χ3v) is 4.47. The van der Waals surface area contributed by atoms with Crippen LogP contribution in [0.4, 0.5) is 10.3 Å². The molecule has 0 amide bonds. The van der Waals surface area contributed by atoms with Gasteiger partial charge in [-0.05, 0) is 17.9 Å². The Morgan fingerprint density at radius 2 is 2.09 bits per heavy atom. The fourth-order valence-electron chi connectivity index (χ4n) is 3.53. The topological polar surface area (TPSA) is 59.8 Å². The summed E-state index contributed by atoms with van der Waals surface area (Å²) in [5.74, 6) is 0.242. The smallest absolute Gasteiger partial charge is 0.226 e. The highest BCUT2D eigenvalue weighted by Gasteiger charge is 2.42. The van der Waals surface area contributed by atoms with Crippen LogP contribution in [-0.2, 0) is 4.79 Å². The molecule has 1 N–H and O–H groups in total. The van der Waals surface area contributed by atoms with E-state index in [-0.39, 0.29) is 17.0 Å². The summed E-state index contributed by atoms with van der Waals surface area (Å²) >= 11 is 0. The van der Waals surface area contributed by atoms with Gasteiger partial charge in [0.2, 0.25) is 5.95 Å². The summed E-state index contributed by atoms with van der Waals surface area (Å²) < 4.78 is 16.0. The maximum absolute atomic E-state index is 14.4. The molecule has 23 heavy (non-hydrogen) atoms. The monoisotopic (exact) mass is 312 g/mol. The van der Waals surface area contributed by atoms with Gasteiger partial charge in [0.25, 0.3) is 0 Å². The van der Waals surface area contributed by atoms with E-state index in [0.717, 1.165) is 12.1 Å². The molecular formula is C17H17FN4O. The second kappa shape index (κ2) is 4.75. The zero-order valence-corrected chi connectivity index (χ0v) is 13.0. The van der Waals surface area contributed by atoms with Gasteiger partial charge in [0, 0.05) is 23.3 Å². The third kappa shape index (κ3) is 2.17. The van der Waals surface area contributed by atoms with Crippen LogP contribution in [0.5, 0.6) is 0 Å². The van der Waals surface area contributed by atoms with Gasteiger partial charge < -0.3 is 5.32 Å². The molecule has 0 unspecified atom stereocenters. The number of halogens is 1. The molecule has 0 fully saturated rings. The van der Waals surface area contributed by atoms with Gasteiger partial charge in [0.15, 0.2) is 5.78 Å². The van der Waals surface area contributed by atoms with E-state index in [1.807, 2.05) is 0 Å². The van der Waals surface area contributed by atoms with E-state index in [4.69, 9.17) is 0 Å². The number of hydrogen-bond donors (Lipinski definition) is 1. The van der Waals surface area contributed by atoms with Gasteiger partial charge in [-0.25, -0.2) is 9.07 Å². The molecule has 1 atom stereocenters. The first kappa shape index (κ1) is 14.1. The lowest BCUT2D eigenvalue weighted by atomic mass is 9.73. The summed E-state index contributed by atoms with van der Waals surface area (Å²) in [6.07, 6.45) is 2.60. The Balaban J connectivity index is 1.94. The van der Waals surface area contributed by atoms with Crippen LogP contribution in [0.15, 0.2) is 41.9 Å². The fourth-order valence-corrected chi connectivity index (χ4v) is 3.53. The van der Waals surface area contributed by atoms with E-state index in [2.05, 4.69) is 29.2 Å². The number of allylic oxidation sites excluding steroid dienone is 2. The molecule has 2 heterocycles. The number of benzene rings is 1. The van der Waals surface area contributed by atoms with Gasteiger partial charge in [0.1, 0.15) is 18.2 Å². The Kier molecular flexibility index (Phi) is 2.91. The van der Waals surface area contributed by atoms with Crippen LogP contribution in [-0.4, -0.2) is 20.5 Å². The largest absolute Gasteiger partial charge is 0.328 e. The van der Waals surface area contributed by atoms with Gasteiger partial charge in [-0.1, -0.05) is 32.0 Å². The minimum Gasteiger partial charge on any atom is -0.328 e. The summed E-state index contributed by atoms with van der Waals surface area (Å²) in [4.78, 5) is 17.0. The molecule has 4 rings (SSSR count). The van der Waals surface area contributed by atoms with Crippen LogP contribution in [0.3, 0.4) is 0 Å². The number of carbonyl (C=O) groups is 1. The number of hydrogen-bond acceptors (Lipinski definition) is 4. The molecule has 1 aromatic carbocycles. The van der Waals surface area contributed by atoms with Crippen molar-refractivity contribution < 1.29 is 9.18 Å². The summed E-state index contributed by atoms with van der Waals surface area (Å²) in [6, 6.07) is 5.96. The molecule has 0 bridgehead atoms. The lowest BCUT2D eigenvalue weighted by Crippen LogP contribution is -2.36. The fraction of sp³-hybridized carbons (Fsp3) is 0.353. The molecule has 0 saturated heterocycles. The Morgan fingerprint density at radius 3 is 2.87 bits per heavy atom. The zero-order chi connectivity index (χ0) is 16.2. The van der Waals surface area contributed by atoms with E-state index in [9.17, 15) is 9.18 Å². The highest BCUT2D eigenvalue weighted by atomic mass is 19.1. The number of Topliss-reactive ketones (excluding diaryl/α,β-unsaturated/α-hetero) is 1. The molecule has 0 radical (unpaired) electrons. The Morgan fingerprint density at radius 1 is 1.30 bits per heavy atom. The normalized spacial score (nSPS) is 22.4. The van der Waals surface area contributed by atoms with Crippen LogP contribution in [0.1, 0.15) is 38.3 Å². The van der Waals surface area contributed by atoms with Crippen LogP contribution in [0.25, 0.3) is 0 Å². The Hall–Kier alpha value is -2.50. The summed E-state index contributed by atoms with van der Waals surface area (Å²) in [6.45, 7) is 4.13. The van der Waals surface area contributed by atoms with E-state index in [1.165, 1.54) is 12.4 Å². The second-order valence-corrected chi connectivity index (χ2v) is 6.91. The van der Waals surface area contributed by atoms with Gasteiger partial charge in [-0.15, -0.1) is 0 Å². The number of carbonyl (C=O) groups excluding carboxylic acids is 1. The van der Waals surface area contributed by atoms with Crippen molar-refractivity contribution in [2.75, 3.05) is 5.32 Å². The van der Waals surface area contributed by atoms with Crippen molar-refractivity contribution in [1.29, 1.82) is 0 Å². The number of aromatic nitrogens is 3. The lowest BCUT2D eigenvalue weighted by Gasteiger charge is -2.38. The molecule has 1 aliphatic carbocycles. The van der Waals surface area contributed by atoms with Crippen LogP contribution < -0.4 is 5.32 Å². The standard InChI is InChI=1S/C17H17FN4O/c1-17(2)7-12-14(13(23)8-17)15(10-5-3-4-6-11(10)18)22-16(21-12)19-9-20-22/h3-6,9,15H,7-8H2,1-2H3,(H,19,20,21)/t15-/m0/s1. The molecule has 5 nitrogen and oxygen atoms in total. The molecule has 2 aromatic rings. The van der Waals surface area contributed by atoms with Crippen molar-refractivity contribution in [3.8, 4) is 0 Å². The van der Waals surface area contributed by atoms with Crippen LogP contribution in [0, 0.1) is 11.2 Å². The molecule has 118 valence electrons. The number of anilines is 1. The van der Waals surface area contributed by atoms with E-state index < -0.39 is 6.04 Å². The first-order valence-corrected chi connectivity index (χ1v) is 7.63. The first-order valence-electron chi connectivity index (χ1n) is 7.63. The molecule has 2 aliphatic rings. The van der Waals surface area contributed by atoms with Crippen LogP contribution in [0.2, 0.25) is 0 Å². The van der Waals surface area contributed by atoms with E-state index >= 15 is 0 Å². The Labute approximate surface area is 133 Å². The predicted molar refractivity (Wildman–Crippen MR) is 83.2 cm³/mol. The van der Waals surface area contributed by atoms with Crippen molar-refractivity contribution in [3.63, 3.8) is 0 Å². The van der Waals surface area contributed by atoms with Crippen LogP contribution >= 0.6 is 0 Å². The minimum atomic E-state index is -0.562. The van der Waals surface area contributed by atoms with E-state index in [0.29, 0.717) is 23.5 Å². The second-order valence-electron chi connectivity index (χ2n) is 6.91. The van der Waals surface area contributed by atoms with Gasteiger partial charge in [0.05, 0.1) is 0 Å². The summed E-state index contributed by atoms with van der Waals surface area (Å²) in [5.41, 5.74) is 1.76. The number of ketones is 1. The highest BCUT2D eigenvalue weighted by molar-refractivity contribution is 6.00. The minimum absolute atomic E-state index is 0.0400. The average molecular weight is 312 g/mol. The van der Waals surface area contributed by atoms with Crippen molar-refractivity contribution in [2.24, 2.45) is 5.41 Å². The quantitative estimate of drug-likeness (QED) is 0.879. The van der Waals surface area contributed by atoms with Gasteiger partial charge >= 0.3 is 0 Å². The number of fused-ring (bicyclic) bond motifs is 1. The number of rotatable bonds is 1. The molecule has 0 spiro atoms. The lowest BCUT2D eigenvalue weighted by molar-refractivity contribution is -0.118. The van der Waals surface area contributed by atoms with Crippen molar-refractivity contribution in [1.82, 2.24) is 14.8 Å². The van der Waals surface area contributed by atoms with E-state index in [1.54, 1.807) is 22.9 Å². The molecular weight excluding hydrogens is 295 g/mol. The third-order valence-electron chi connectivity index (χ3n) is 4.47. The summed E-state index contributed by atoms with van der Waals surface area (Å²) in [7, 11) is 0. The maximum atomic E-state index is 14.4. The highest BCUT2D eigenvalue weighted by Crippen LogP contribution is 2.45. The number of nitrogens with zero attached hydrogens (tertiary/aromatic N) is 3. The predicted octanol–water partition coefficient (Wildman–Crippen LogP) is 3.08. The maximum Gasteiger partial charge on any atom is 0.226 e. The number of nitrogens with one attached hydrogen (secondary N) is 1.